The molecule has 1 saturated heterocycles. The Morgan fingerprint density at radius 1 is 1.18 bits per heavy atom. The summed E-state index contributed by atoms with van der Waals surface area (Å²) >= 11 is 0. The van der Waals surface area contributed by atoms with E-state index in [0.29, 0.717) is 18.8 Å². The minimum Gasteiger partial charge on any atom is -0.378 e. The van der Waals surface area contributed by atoms with Gasteiger partial charge in [0.2, 0.25) is 5.95 Å². The van der Waals surface area contributed by atoms with Crippen molar-refractivity contribution in [3.8, 4) is 0 Å². The number of hydrogen-bond donors (Lipinski definition) is 1. The molecule has 2 aliphatic heterocycles. The number of anilines is 2. The molecular weight excluding hydrogens is 356 g/mol. The number of hydrogen-bond acceptors (Lipinski definition) is 5. The predicted molar refractivity (Wildman–Crippen MR) is 107 cm³/mol. The number of nitrogens with one attached hydrogen (secondary N) is 1. The summed E-state index contributed by atoms with van der Waals surface area (Å²) in [6.45, 7) is 4.00. The molecule has 1 N–H and O–H groups in total. The van der Waals surface area contributed by atoms with Gasteiger partial charge < -0.3 is 24.1 Å². The van der Waals surface area contributed by atoms with Gasteiger partial charge in [-0.15, -0.1) is 0 Å². The Balaban J connectivity index is 1.41. The van der Waals surface area contributed by atoms with Crippen molar-refractivity contribution >= 4 is 28.7 Å². The van der Waals surface area contributed by atoms with E-state index in [1.54, 1.807) is 6.20 Å². The van der Waals surface area contributed by atoms with Crippen molar-refractivity contribution in [3.63, 3.8) is 0 Å². The Morgan fingerprint density at radius 3 is 2.89 bits per heavy atom. The number of morpholine rings is 1. The number of aromatic nitrogens is 4. The van der Waals surface area contributed by atoms with E-state index in [9.17, 15) is 4.79 Å². The zero-order valence-corrected chi connectivity index (χ0v) is 16.0. The lowest BCUT2D eigenvalue weighted by Gasteiger charge is -2.27. The lowest BCUT2D eigenvalue weighted by atomic mass is 10.1. The summed E-state index contributed by atoms with van der Waals surface area (Å²) in [6.07, 6.45) is 5.01. The fraction of sp³-hybridized carbons (Fsp3) is 0.450. The van der Waals surface area contributed by atoms with Crippen molar-refractivity contribution in [3.05, 3.63) is 35.8 Å². The number of imidazole rings is 2. The van der Waals surface area contributed by atoms with Crippen molar-refractivity contribution < 1.29 is 9.53 Å². The maximum Gasteiger partial charge on any atom is 0.256 e. The van der Waals surface area contributed by atoms with Crippen LogP contribution in [0.5, 0.6) is 0 Å². The van der Waals surface area contributed by atoms with Gasteiger partial charge in [0.25, 0.3) is 5.91 Å². The summed E-state index contributed by atoms with van der Waals surface area (Å²) in [5, 5.41) is 3.02. The number of carbonyl (C=O) groups is 1. The summed E-state index contributed by atoms with van der Waals surface area (Å²) < 4.78 is 9.62. The van der Waals surface area contributed by atoms with Crippen molar-refractivity contribution in [2.75, 3.05) is 36.5 Å². The Bertz CT molecular complexity index is 1030. The molecule has 4 heterocycles. The standard InChI is InChI=1S/C20H24N6O2/c1-24-16-6-5-14(12-15(16)22-20(24)25-8-10-28-11-9-25)19(27)23-18-13-21-17-4-2-3-7-26(17)18/h5-6,12-13H,2-4,7-11H2,1H3,(H,23,27). The molecule has 1 aromatic carbocycles. The second-order valence-corrected chi connectivity index (χ2v) is 7.40. The molecule has 3 aromatic rings. The van der Waals surface area contributed by atoms with Gasteiger partial charge >= 0.3 is 0 Å². The summed E-state index contributed by atoms with van der Waals surface area (Å²) in [7, 11) is 2.01. The third-order valence-corrected chi connectivity index (χ3v) is 5.63. The van der Waals surface area contributed by atoms with Crippen LogP contribution in [0.1, 0.15) is 29.0 Å². The molecule has 0 bridgehead atoms. The largest absolute Gasteiger partial charge is 0.378 e. The Morgan fingerprint density at radius 2 is 2.04 bits per heavy atom. The topological polar surface area (TPSA) is 77.2 Å². The summed E-state index contributed by atoms with van der Waals surface area (Å²) in [5.41, 5.74) is 2.44. The monoisotopic (exact) mass is 380 g/mol. The SMILES string of the molecule is Cn1c(N2CCOCC2)nc2cc(C(=O)Nc3cnc4n3CCCC4)ccc21. The Kier molecular flexibility index (Phi) is 4.27. The number of carbonyl (C=O) groups excluding carboxylic acids is 1. The molecule has 0 spiro atoms. The molecule has 1 amide bonds. The smallest absolute Gasteiger partial charge is 0.256 e. The van der Waals surface area contributed by atoms with Gasteiger partial charge in [-0.05, 0) is 31.0 Å². The first-order chi connectivity index (χ1) is 13.7. The van der Waals surface area contributed by atoms with Crippen LogP contribution in [0.25, 0.3) is 11.0 Å². The van der Waals surface area contributed by atoms with Gasteiger partial charge in [0.1, 0.15) is 11.6 Å². The van der Waals surface area contributed by atoms with Crippen LogP contribution in [0.3, 0.4) is 0 Å². The summed E-state index contributed by atoms with van der Waals surface area (Å²) in [5.74, 6) is 2.61. The fourth-order valence-electron chi connectivity index (χ4n) is 4.08. The molecule has 0 unspecified atom stereocenters. The van der Waals surface area contributed by atoms with Crippen molar-refractivity contribution in [2.45, 2.75) is 25.8 Å². The van der Waals surface area contributed by atoms with Crippen LogP contribution in [0.15, 0.2) is 24.4 Å². The molecular formula is C20H24N6O2. The highest BCUT2D eigenvalue weighted by atomic mass is 16.5. The normalized spacial score (nSPS) is 17.0. The highest BCUT2D eigenvalue weighted by molar-refractivity contribution is 6.05. The molecule has 2 aliphatic rings. The molecule has 0 radical (unpaired) electrons. The first-order valence-corrected chi connectivity index (χ1v) is 9.85. The van der Waals surface area contributed by atoms with Crippen molar-refractivity contribution in [1.29, 1.82) is 0 Å². The molecule has 0 atom stereocenters. The quantitative estimate of drug-likeness (QED) is 0.754. The highest BCUT2D eigenvalue weighted by Crippen LogP contribution is 2.24. The molecule has 28 heavy (non-hydrogen) atoms. The van der Waals surface area contributed by atoms with E-state index in [1.165, 1.54) is 0 Å². The van der Waals surface area contributed by atoms with Gasteiger partial charge in [0, 0.05) is 38.7 Å². The van der Waals surface area contributed by atoms with Crippen LogP contribution in [0.4, 0.5) is 11.8 Å². The zero-order chi connectivity index (χ0) is 19.1. The molecule has 5 rings (SSSR count). The predicted octanol–water partition coefficient (Wildman–Crippen LogP) is 2.19. The summed E-state index contributed by atoms with van der Waals surface area (Å²) in [6, 6.07) is 5.69. The fourth-order valence-corrected chi connectivity index (χ4v) is 4.08. The van der Waals surface area contributed by atoms with Gasteiger partial charge in [0.15, 0.2) is 0 Å². The van der Waals surface area contributed by atoms with Crippen LogP contribution < -0.4 is 10.2 Å². The average molecular weight is 380 g/mol. The van der Waals surface area contributed by atoms with Gasteiger partial charge in [-0.1, -0.05) is 0 Å². The molecule has 8 heteroatoms. The first kappa shape index (κ1) is 17.2. The molecule has 1 fully saturated rings. The van der Waals surface area contributed by atoms with E-state index >= 15 is 0 Å². The van der Waals surface area contributed by atoms with Crippen LogP contribution in [-0.2, 0) is 24.8 Å². The number of aryl methyl sites for hydroxylation is 2. The second kappa shape index (κ2) is 6.94. The maximum absolute atomic E-state index is 12.8. The van der Waals surface area contributed by atoms with E-state index < -0.39 is 0 Å². The second-order valence-electron chi connectivity index (χ2n) is 7.40. The van der Waals surface area contributed by atoms with E-state index in [4.69, 9.17) is 9.72 Å². The number of benzene rings is 1. The lowest BCUT2D eigenvalue weighted by Crippen LogP contribution is -2.37. The van der Waals surface area contributed by atoms with E-state index in [1.807, 2.05) is 25.2 Å². The van der Waals surface area contributed by atoms with Crippen LogP contribution >= 0.6 is 0 Å². The molecule has 146 valence electrons. The molecule has 0 saturated carbocycles. The number of ether oxygens (including phenoxy) is 1. The Labute approximate surface area is 163 Å². The van der Waals surface area contributed by atoms with E-state index in [-0.39, 0.29) is 5.91 Å². The van der Waals surface area contributed by atoms with Crippen LogP contribution in [-0.4, -0.2) is 51.3 Å². The molecule has 8 nitrogen and oxygen atoms in total. The zero-order valence-electron chi connectivity index (χ0n) is 16.0. The molecule has 0 aliphatic carbocycles. The summed E-state index contributed by atoms with van der Waals surface area (Å²) in [4.78, 5) is 24.3. The number of nitrogens with zero attached hydrogens (tertiary/aromatic N) is 5. The Hall–Kier alpha value is -2.87. The van der Waals surface area contributed by atoms with Gasteiger partial charge in [0.05, 0.1) is 30.4 Å². The number of rotatable bonds is 3. The third-order valence-electron chi connectivity index (χ3n) is 5.63. The van der Waals surface area contributed by atoms with E-state index in [0.717, 1.165) is 67.5 Å². The van der Waals surface area contributed by atoms with Crippen LogP contribution in [0, 0.1) is 0 Å². The number of fused-ring (bicyclic) bond motifs is 2. The van der Waals surface area contributed by atoms with E-state index in [2.05, 4.69) is 24.3 Å². The maximum atomic E-state index is 12.8. The van der Waals surface area contributed by atoms with Crippen LogP contribution in [0.2, 0.25) is 0 Å². The lowest BCUT2D eigenvalue weighted by molar-refractivity contribution is 0.102. The highest BCUT2D eigenvalue weighted by Gasteiger charge is 2.20. The minimum absolute atomic E-state index is 0.131. The molecule has 2 aromatic heterocycles. The first-order valence-electron chi connectivity index (χ1n) is 9.85. The van der Waals surface area contributed by atoms with Gasteiger partial charge in [-0.25, -0.2) is 9.97 Å². The average Bonchev–Trinajstić information content (AvgIpc) is 3.29. The number of amides is 1. The van der Waals surface area contributed by atoms with Gasteiger partial charge in [-0.3, -0.25) is 4.79 Å². The minimum atomic E-state index is -0.131. The van der Waals surface area contributed by atoms with Crippen molar-refractivity contribution in [2.24, 2.45) is 7.05 Å². The third kappa shape index (κ3) is 2.93. The van der Waals surface area contributed by atoms with Gasteiger partial charge in [-0.2, -0.15) is 0 Å². The van der Waals surface area contributed by atoms with Crippen molar-refractivity contribution in [1.82, 2.24) is 19.1 Å².